The van der Waals surface area contributed by atoms with Gasteiger partial charge in [0.25, 0.3) is 0 Å². The van der Waals surface area contributed by atoms with Gasteiger partial charge in [-0.15, -0.1) is 0 Å². The minimum Gasteiger partial charge on any atom is -0.399 e. The quantitative estimate of drug-likeness (QED) is 0.808. The Hall–Kier alpha value is -1.02. The van der Waals surface area contributed by atoms with Crippen molar-refractivity contribution in [3.8, 4) is 0 Å². The highest BCUT2D eigenvalue weighted by molar-refractivity contribution is 5.40. The van der Waals surface area contributed by atoms with Crippen molar-refractivity contribution in [1.82, 2.24) is 4.90 Å². The number of nitrogen functional groups attached to an aromatic ring is 1. The normalized spacial score (nSPS) is 15.9. The molecule has 0 aliphatic rings. The number of benzene rings is 1. The first-order valence-electron chi connectivity index (χ1n) is 6.31. The molecule has 0 spiro atoms. The molecule has 0 aliphatic carbocycles. The van der Waals surface area contributed by atoms with Gasteiger partial charge in [0.05, 0.1) is 0 Å². The molecule has 2 heteroatoms. The zero-order chi connectivity index (χ0) is 13.2. The summed E-state index contributed by atoms with van der Waals surface area (Å²) in [6.45, 7) is 11.4. The van der Waals surface area contributed by atoms with Crippen molar-refractivity contribution < 1.29 is 0 Å². The van der Waals surface area contributed by atoms with Crippen LogP contribution in [0.2, 0.25) is 0 Å². The standard InChI is InChI=1S/C15H26N2/c1-11(13-7-9-14(16)10-8-13)17(6)12(2)15(3,4)5/h7-12H,16H2,1-6H3. The van der Waals surface area contributed by atoms with Crippen molar-refractivity contribution in [3.63, 3.8) is 0 Å². The van der Waals surface area contributed by atoms with Gasteiger partial charge in [-0.1, -0.05) is 32.9 Å². The molecule has 0 aliphatic heterocycles. The van der Waals surface area contributed by atoms with Crippen molar-refractivity contribution in [1.29, 1.82) is 0 Å². The number of hydrogen-bond acceptors (Lipinski definition) is 2. The minimum absolute atomic E-state index is 0.289. The van der Waals surface area contributed by atoms with Crippen LogP contribution in [-0.2, 0) is 0 Å². The van der Waals surface area contributed by atoms with Gasteiger partial charge >= 0.3 is 0 Å². The van der Waals surface area contributed by atoms with Crippen LogP contribution in [0.3, 0.4) is 0 Å². The Morgan fingerprint density at radius 3 is 1.94 bits per heavy atom. The Morgan fingerprint density at radius 1 is 1.06 bits per heavy atom. The van der Waals surface area contributed by atoms with Gasteiger partial charge in [-0.25, -0.2) is 0 Å². The van der Waals surface area contributed by atoms with Crippen LogP contribution in [-0.4, -0.2) is 18.0 Å². The molecule has 2 unspecified atom stereocenters. The van der Waals surface area contributed by atoms with E-state index >= 15 is 0 Å². The fourth-order valence-corrected chi connectivity index (χ4v) is 1.96. The molecule has 0 radical (unpaired) electrons. The van der Waals surface area contributed by atoms with E-state index in [2.05, 4.69) is 58.7 Å². The molecule has 1 aromatic rings. The van der Waals surface area contributed by atoms with E-state index in [1.54, 1.807) is 0 Å². The third-order valence-corrected chi connectivity index (χ3v) is 3.89. The second-order valence-electron chi connectivity index (χ2n) is 6.05. The van der Waals surface area contributed by atoms with E-state index in [4.69, 9.17) is 5.73 Å². The fourth-order valence-electron chi connectivity index (χ4n) is 1.96. The van der Waals surface area contributed by atoms with Gasteiger partial charge in [0.2, 0.25) is 0 Å². The largest absolute Gasteiger partial charge is 0.399 e. The number of anilines is 1. The smallest absolute Gasteiger partial charge is 0.0319 e. The molecule has 0 saturated heterocycles. The molecule has 1 rings (SSSR count). The van der Waals surface area contributed by atoms with Crippen LogP contribution < -0.4 is 5.73 Å². The zero-order valence-corrected chi connectivity index (χ0v) is 12.0. The third kappa shape index (κ3) is 3.47. The van der Waals surface area contributed by atoms with Crippen molar-refractivity contribution in [2.24, 2.45) is 5.41 Å². The monoisotopic (exact) mass is 234 g/mol. The lowest BCUT2D eigenvalue weighted by atomic mass is 9.86. The molecule has 96 valence electrons. The van der Waals surface area contributed by atoms with Crippen molar-refractivity contribution in [2.45, 2.75) is 46.7 Å². The van der Waals surface area contributed by atoms with Gasteiger partial charge in [0.15, 0.2) is 0 Å². The summed E-state index contributed by atoms with van der Waals surface area (Å²) in [5.41, 5.74) is 8.15. The van der Waals surface area contributed by atoms with E-state index < -0.39 is 0 Å². The first kappa shape index (κ1) is 14.0. The lowest BCUT2D eigenvalue weighted by Crippen LogP contribution is -2.40. The van der Waals surface area contributed by atoms with Gasteiger partial charge in [-0.2, -0.15) is 0 Å². The SMILES string of the molecule is CC(c1ccc(N)cc1)N(C)C(C)C(C)(C)C. The molecular formula is C15H26N2. The number of rotatable bonds is 3. The first-order chi connectivity index (χ1) is 7.73. The Bertz CT molecular complexity index is 348. The summed E-state index contributed by atoms with van der Waals surface area (Å²) in [5, 5.41) is 0. The Morgan fingerprint density at radius 2 is 1.53 bits per heavy atom. The highest BCUT2D eigenvalue weighted by atomic mass is 15.2. The summed E-state index contributed by atoms with van der Waals surface area (Å²) in [6.07, 6.45) is 0. The predicted octanol–water partition coefficient (Wildman–Crippen LogP) is 3.70. The van der Waals surface area contributed by atoms with Crippen LogP contribution in [0, 0.1) is 5.41 Å². The lowest BCUT2D eigenvalue weighted by Gasteiger charge is -2.39. The first-order valence-corrected chi connectivity index (χ1v) is 6.31. The van der Waals surface area contributed by atoms with Crippen molar-refractivity contribution in [3.05, 3.63) is 29.8 Å². The Labute approximate surface area is 106 Å². The predicted molar refractivity (Wildman–Crippen MR) is 75.9 cm³/mol. The van der Waals surface area contributed by atoms with E-state index in [-0.39, 0.29) is 5.41 Å². The molecule has 2 atom stereocenters. The summed E-state index contributed by atoms with van der Waals surface area (Å²) >= 11 is 0. The maximum atomic E-state index is 5.72. The van der Waals surface area contributed by atoms with Crippen molar-refractivity contribution >= 4 is 5.69 Å². The fraction of sp³-hybridized carbons (Fsp3) is 0.600. The van der Waals surface area contributed by atoms with Crippen LogP contribution in [0.15, 0.2) is 24.3 Å². The second-order valence-corrected chi connectivity index (χ2v) is 6.05. The van der Waals surface area contributed by atoms with E-state index in [9.17, 15) is 0 Å². The van der Waals surface area contributed by atoms with Gasteiger partial charge in [0, 0.05) is 17.8 Å². The van der Waals surface area contributed by atoms with Gasteiger partial charge < -0.3 is 5.73 Å². The number of nitrogens with two attached hydrogens (primary N) is 1. The molecular weight excluding hydrogens is 208 g/mol. The average Bonchev–Trinajstić information content (AvgIpc) is 2.26. The second kappa shape index (κ2) is 5.09. The molecule has 0 heterocycles. The van der Waals surface area contributed by atoms with E-state index in [1.807, 2.05) is 12.1 Å². The molecule has 2 N–H and O–H groups in total. The summed E-state index contributed by atoms with van der Waals surface area (Å²) in [6, 6.07) is 9.11. The summed E-state index contributed by atoms with van der Waals surface area (Å²) in [7, 11) is 2.19. The zero-order valence-electron chi connectivity index (χ0n) is 12.0. The van der Waals surface area contributed by atoms with Crippen molar-refractivity contribution in [2.75, 3.05) is 12.8 Å². The number of hydrogen-bond donors (Lipinski definition) is 1. The Balaban J connectivity index is 2.83. The lowest BCUT2D eigenvalue weighted by molar-refractivity contribution is 0.105. The summed E-state index contributed by atoms with van der Waals surface area (Å²) < 4.78 is 0. The third-order valence-electron chi connectivity index (χ3n) is 3.89. The van der Waals surface area contributed by atoms with Crippen LogP contribution in [0.25, 0.3) is 0 Å². The molecule has 1 aromatic carbocycles. The average molecular weight is 234 g/mol. The van der Waals surface area contributed by atoms with Crippen LogP contribution >= 0.6 is 0 Å². The van der Waals surface area contributed by atoms with E-state index in [0.29, 0.717) is 12.1 Å². The maximum absolute atomic E-state index is 5.72. The van der Waals surface area contributed by atoms with E-state index in [0.717, 1.165) is 5.69 Å². The molecule has 0 fully saturated rings. The van der Waals surface area contributed by atoms with Gasteiger partial charge in [-0.05, 0) is 44.0 Å². The molecule has 0 amide bonds. The molecule has 17 heavy (non-hydrogen) atoms. The molecule has 2 nitrogen and oxygen atoms in total. The van der Waals surface area contributed by atoms with Crippen LogP contribution in [0.4, 0.5) is 5.69 Å². The van der Waals surface area contributed by atoms with Gasteiger partial charge in [0.1, 0.15) is 0 Å². The molecule has 0 aromatic heterocycles. The van der Waals surface area contributed by atoms with Crippen LogP contribution in [0.1, 0.15) is 46.2 Å². The summed E-state index contributed by atoms with van der Waals surface area (Å²) in [5.74, 6) is 0. The highest BCUT2D eigenvalue weighted by Gasteiger charge is 2.27. The topological polar surface area (TPSA) is 29.3 Å². The molecule has 0 bridgehead atoms. The summed E-state index contributed by atoms with van der Waals surface area (Å²) in [4.78, 5) is 2.42. The maximum Gasteiger partial charge on any atom is 0.0319 e. The minimum atomic E-state index is 0.289. The highest BCUT2D eigenvalue weighted by Crippen LogP contribution is 2.29. The number of nitrogens with zero attached hydrogens (tertiary/aromatic N) is 1. The van der Waals surface area contributed by atoms with E-state index in [1.165, 1.54) is 5.56 Å². The Kier molecular flexibility index (Phi) is 4.21. The van der Waals surface area contributed by atoms with Crippen LogP contribution in [0.5, 0.6) is 0 Å². The van der Waals surface area contributed by atoms with Gasteiger partial charge in [-0.3, -0.25) is 4.90 Å². The molecule has 0 saturated carbocycles.